The number of rotatable bonds is 12. The summed E-state index contributed by atoms with van der Waals surface area (Å²) in [6, 6.07) is 9.95. The quantitative estimate of drug-likeness (QED) is 0.144. The molecule has 0 spiro atoms. The molecule has 3 heterocycles. The van der Waals surface area contributed by atoms with Crippen LogP contribution in [-0.2, 0) is 29.2 Å². The summed E-state index contributed by atoms with van der Waals surface area (Å²) < 4.78 is 35.7. The van der Waals surface area contributed by atoms with Gasteiger partial charge in [0.25, 0.3) is 0 Å². The highest BCUT2D eigenvalue weighted by Crippen LogP contribution is 2.51. The van der Waals surface area contributed by atoms with E-state index in [4.69, 9.17) is 38.5 Å². The Balaban J connectivity index is 1.28. The number of carbonyl (C=O) groups excluding carboxylic acids is 3. The fourth-order valence-electron chi connectivity index (χ4n) is 5.04. The number of pyridine rings is 1. The van der Waals surface area contributed by atoms with Crippen LogP contribution in [0.3, 0.4) is 0 Å². The molecule has 46 heavy (non-hydrogen) atoms. The van der Waals surface area contributed by atoms with Crippen molar-refractivity contribution in [3.05, 3.63) is 48.0 Å². The second-order valence-electron chi connectivity index (χ2n) is 10.8. The minimum atomic E-state index is -2.66. The Morgan fingerprint density at radius 3 is 2.57 bits per heavy atom. The first kappa shape index (κ1) is 35.3. The Morgan fingerprint density at radius 2 is 1.98 bits per heavy atom. The molecule has 2 amide bonds. The van der Waals surface area contributed by atoms with E-state index in [2.05, 4.69) is 11.1 Å². The van der Waals surface area contributed by atoms with Gasteiger partial charge >= 0.3 is 18.2 Å². The molecule has 2 aliphatic heterocycles. The topological polar surface area (TPSA) is 212 Å². The van der Waals surface area contributed by atoms with E-state index in [0.717, 1.165) is 4.90 Å². The molecule has 248 valence electrons. The number of amides is 2. The second-order valence-corrected chi connectivity index (χ2v) is 13.7. The van der Waals surface area contributed by atoms with E-state index in [0.29, 0.717) is 17.9 Å². The van der Waals surface area contributed by atoms with Crippen LogP contribution in [0.2, 0.25) is 0 Å². The van der Waals surface area contributed by atoms with Gasteiger partial charge in [0.15, 0.2) is 16.8 Å². The number of ether oxygens (including phenoxy) is 4. The number of esters is 1. The van der Waals surface area contributed by atoms with Crippen LogP contribution in [0.15, 0.2) is 36.5 Å². The highest BCUT2D eigenvalue weighted by Gasteiger charge is 2.45. The third-order valence-electron chi connectivity index (χ3n) is 7.74. The third kappa shape index (κ3) is 8.05. The number of halogens is 1. The van der Waals surface area contributed by atoms with Gasteiger partial charge in [-0.15, -0.1) is 0 Å². The molecule has 4 rings (SSSR count). The van der Waals surface area contributed by atoms with Crippen molar-refractivity contribution in [2.24, 2.45) is 5.92 Å². The highest BCUT2D eigenvalue weighted by atomic mass is 31.2. The van der Waals surface area contributed by atoms with Crippen molar-refractivity contribution in [2.45, 2.75) is 36.7 Å². The van der Waals surface area contributed by atoms with E-state index in [9.17, 15) is 19.6 Å². The van der Waals surface area contributed by atoms with Crippen molar-refractivity contribution in [2.75, 3.05) is 45.0 Å². The number of hydrogen-bond acceptors (Lipinski definition) is 13. The van der Waals surface area contributed by atoms with E-state index in [-0.39, 0.29) is 49.7 Å². The number of hydrogen-bond donors (Lipinski definition) is 4. The standard InChI is InChI=1S/C28H33FN4O11P2/c1-17-13-41-15-28(17,14-30)23-6-3-18(10-31-23)21-5-4-19(9-22(21)29)33-12-20(44-27(33)36)11-32(2)26(35)43-16-42-24(34)7-8-25(45(37)38)46(39)40/h3-6,9-10,17,20,25,37-40H,7-8,11-13,15-16H2,1-2H3. The van der Waals surface area contributed by atoms with Gasteiger partial charge in [0.1, 0.15) is 17.3 Å². The van der Waals surface area contributed by atoms with Gasteiger partial charge in [-0.1, -0.05) is 13.0 Å². The molecule has 15 nitrogen and oxygen atoms in total. The lowest BCUT2D eigenvalue weighted by atomic mass is 9.77. The molecule has 18 heteroatoms. The number of carbonyl (C=O) groups is 3. The summed E-state index contributed by atoms with van der Waals surface area (Å²) in [7, 11) is -3.94. The molecule has 1 aromatic carbocycles. The molecule has 1 aromatic heterocycles. The van der Waals surface area contributed by atoms with Gasteiger partial charge in [-0.3, -0.25) is 14.7 Å². The summed E-state index contributed by atoms with van der Waals surface area (Å²) in [6.45, 7) is 1.78. The molecule has 3 unspecified atom stereocenters. The van der Waals surface area contributed by atoms with Gasteiger partial charge in [0.05, 0.1) is 49.2 Å². The van der Waals surface area contributed by atoms with Gasteiger partial charge in [0.2, 0.25) is 6.79 Å². The molecule has 2 aliphatic rings. The molecule has 2 fully saturated rings. The van der Waals surface area contributed by atoms with Gasteiger partial charge in [-0.2, -0.15) is 5.26 Å². The zero-order valence-corrected chi connectivity index (χ0v) is 26.6. The first-order chi connectivity index (χ1) is 21.9. The monoisotopic (exact) mass is 682 g/mol. The Bertz CT molecular complexity index is 1450. The minimum absolute atomic E-state index is 0.00858. The Morgan fingerprint density at radius 1 is 1.24 bits per heavy atom. The summed E-state index contributed by atoms with van der Waals surface area (Å²) in [6.07, 6.45) is -1.53. The maximum atomic E-state index is 15.2. The molecule has 0 saturated carbocycles. The number of benzene rings is 1. The molecule has 0 aliphatic carbocycles. The fraction of sp³-hybridized carbons (Fsp3) is 0.464. The smallest absolute Gasteiger partial charge is 0.414 e. The van der Waals surface area contributed by atoms with E-state index < -0.39 is 64.4 Å². The molecular formula is C28H33FN4O11P2. The molecule has 0 bridgehead atoms. The van der Waals surface area contributed by atoms with Crippen molar-refractivity contribution in [1.82, 2.24) is 9.88 Å². The van der Waals surface area contributed by atoms with Crippen molar-refractivity contribution >= 4 is 40.6 Å². The van der Waals surface area contributed by atoms with E-state index in [1.165, 1.54) is 30.3 Å². The average Bonchev–Trinajstić information content (AvgIpc) is 3.58. The molecule has 0 radical (unpaired) electrons. The number of nitriles is 1. The number of nitrogens with zero attached hydrogens (tertiary/aromatic N) is 4. The van der Waals surface area contributed by atoms with Crippen LogP contribution in [0, 0.1) is 23.1 Å². The normalized spacial score (nSPS) is 21.1. The van der Waals surface area contributed by atoms with Gasteiger partial charge in [-0.25, -0.2) is 14.0 Å². The molecular weight excluding hydrogens is 649 g/mol. The van der Waals surface area contributed by atoms with Gasteiger partial charge in [-0.05, 0) is 30.7 Å². The predicted octanol–water partition coefficient (Wildman–Crippen LogP) is 2.91. The minimum Gasteiger partial charge on any atom is -0.442 e. The molecule has 3 atom stereocenters. The maximum absolute atomic E-state index is 15.2. The SMILES string of the molecule is CC1COCC1(C#N)c1ccc(-c2ccc(N3CC(CN(C)C(=O)OCOC(=O)CCC(P(O)O)P(O)O)OC3=O)cc2F)cn1. The van der Waals surface area contributed by atoms with Crippen molar-refractivity contribution in [3.8, 4) is 17.2 Å². The summed E-state index contributed by atoms with van der Waals surface area (Å²) >= 11 is 0. The van der Waals surface area contributed by atoms with Crippen LogP contribution in [0.5, 0.6) is 0 Å². The first-order valence-electron chi connectivity index (χ1n) is 14.0. The lowest BCUT2D eigenvalue weighted by Gasteiger charge is -2.23. The lowest BCUT2D eigenvalue weighted by molar-refractivity contribution is -0.152. The summed E-state index contributed by atoms with van der Waals surface area (Å²) in [5, 5.41) is 8.53. The van der Waals surface area contributed by atoms with Crippen molar-refractivity contribution in [1.29, 1.82) is 5.26 Å². The van der Waals surface area contributed by atoms with Gasteiger partial charge < -0.3 is 43.4 Å². The van der Waals surface area contributed by atoms with Crippen LogP contribution in [0.25, 0.3) is 11.1 Å². The van der Waals surface area contributed by atoms with Crippen LogP contribution in [0.4, 0.5) is 19.7 Å². The Labute approximate surface area is 265 Å². The maximum Gasteiger partial charge on any atom is 0.414 e. The first-order valence-corrected chi connectivity index (χ1v) is 16.6. The number of anilines is 1. The lowest BCUT2D eigenvalue weighted by Crippen LogP contribution is -2.37. The van der Waals surface area contributed by atoms with Gasteiger partial charge in [0, 0.05) is 36.7 Å². The number of aromatic nitrogens is 1. The predicted molar refractivity (Wildman–Crippen MR) is 160 cm³/mol. The number of cyclic esters (lactones) is 1. The number of likely N-dealkylation sites (N-methyl/N-ethyl adjacent to an activating group) is 1. The summed E-state index contributed by atoms with van der Waals surface area (Å²) in [5.74, 6) is -1.51. The van der Waals surface area contributed by atoms with Crippen LogP contribution in [-0.4, -0.2) is 99.3 Å². The second kappa shape index (κ2) is 15.4. The molecule has 2 saturated heterocycles. The summed E-state index contributed by atoms with van der Waals surface area (Å²) in [4.78, 5) is 80.1. The summed E-state index contributed by atoms with van der Waals surface area (Å²) in [5.41, 5.74) is 0.658. The Kier molecular flexibility index (Phi) is 11.8. The van der Waals surface area contributed by atoms with E-state index in [1.54, 1.807) is 18.2 Å². The van der Waals surface area contributed by atoms with Crippen LogP contribution in [0.1, 0.15) is 25.5 Å². The van der Waals surface area contributed by atoms with Crippen LogP contribution >= 0.6 is 16.8 Å². The van der Waals surface area contributed by atoms with E-state index in [1.807, 2.05) is 6.92 Å². The third-order valence-corrected chi connectivity index (χ3v) is 10.6. The zero-order chi connectivity index (χ0) is 33.6. The van der Waals surface area contributed by atoms with Crippen molar-refractivity contribution in [3.63, 3.8) is 0 Å². The van der Waals surface area contributed by atoms with Crippen molar-refractivity contribution < 1.29 is 57.3 Å². The zero-order valence-electron chi connectivity index (χ0n) is 24.9. The fourth-order valence-corrected chi connectivity index (χ4v) is 6.50. The van der Waals surface area contributed by atoms with Crippen LogP contribution < -0.4 is 4.90 Å². The van der Waals surface area contributed by atoms with E-state index >= 15 is 4.39 Å². The largest absolute Gasteiger partial charge is 0.442 e. The molecule has 2 aromatic rings. The molecule has 4 N–H and O–H groups in total. The average molecular weight is 683 g/mol. The Hall–Kier alpha value is -3.54. The highest BCUT2D eigenvalue weighted by molar-refractivity contribution is 7.64.